The highest BCUT2D eigenvalue weighted by Crippen LogP contribution is 2.22. The Morgan fingerprint density at radius 2 is 2.04 bits per heavy atom. The highest BCUT2D eigenvalue weighted by Gasteiger charge is 2.28. The fraction of sp³-hybridized carbons (Fsp3) is 0.312. The first kappa shape index (κ1) is 19.4. The SMILES string of the molecule is O=C([O-])C(F)(F)F.[NH-]C1CCN(Cc2ccc3c(N)ccnc3c2)C1=O. The van der Waals surface area contributed by atoms with Gasteiger partial charge in [0, 0.05) is 30.4 Å². The average Bonchev–Trinajstić information content (AvgIpc) is 2.87. The Labute approximate surface area is 146 Å². The molecule has 3 N–H and O–H groups in total. The van der Waals surface area contributed by atoms with Gasteiger partial charge in [-0.15, -0.1) is 0 Å². The quantitative estimate of drug-likeness (QED) is 0.855. The molecule has 0 spiro atoms. The monoisotopic (exact) mass is 368 g/mol. The second kappa shape index (κ2) is 7.56. The number of nitrogen functional groups attached to an aromatic ring is 1. The number of rotatable bonds is 2. The van der Waals surface area contributed by atoms with Gasteiger partial charge < -0.3 is 26.3 Å². The Kier molecular flexibility index (Phi) is 5.66. The van der Waals surface area contributed by atoms with E-state index in [4.69, 9.17) is 21.4 Å². The van der Waals surface area contributed by atoms with Gasteiger partial charge in [-0.3, -0.25) is 9.78 Å². The maximum atomic E-state index is 11.7. The zero-order valence-corrected chi connectivity index (χ0v) is 13.4. The molecule has 0 saturated carbocycles. The molecule has 1 atom stereocenters. The number of nitrogens with one attached hydrogen (secondary N) is 1. The molecule has 26 heavy (non-hydrogen) atoms. The zero-order valence-electron chi connectivity index (χ0n) is 13.4. The molecule has 140 valence electrons. The number of halogens is 3. The van der Waals surface area contributed by atoms with Gasteiger partial charge in [-0.25, -0.2) is 0 Å². The molecule has 1 aliphatic rings. The fourth-order valence-corrected chi connectivity index (χ4v) is 2.43. The van der Waals surface area contributed by atoms with E-state index < -0.39 is 18.2 Å². The van der Waals surface area contributed by atoms with Crippen molar-refractivity contribution >= 4 is 28.5 Å². The number of aromatic nitrogens is 1. The summed E-state index contributed by atoms with van der Waals surface area (Å²) in [7, 11) is 0. The van der Waals surface area contributed by atoms with Gasteiger partial charge in [0.05, 0.1) is 5.52 Å². The summed E-state index contributed by atoms with van der Waals surface area (Å²) in [5, 5.41) is 9.71. The van der Waals surface area contributed by atoms with E-state index >= 15 is 0 Å². The number of alkyl halides is 3. The minimum absolute atomic E-state index is 0.0827. The maximum Gasteiger partial charge on any atom is 0.430 e. The number of carboxylic acids is 1. The van der Waals surface area contributed by atoms with Gasteiger partial charge in [0.15, 0.2) is 0 Å². The van der Waals surface area contributed by atoms with E-state index in [9.17, 15) is 18.0 Å². The summed E-state index contributed by atoms with van der Waals surface area (Å²) in [6.07, 6.45) is -2.89. The van der Waals surface area contributed by atoms with Crippen molar-refractivity contribution in [3.05, 3.63) is 41.8 Å². The van der Waals surface area contributed by atoms with Crippen LogP contribution in [0.5, 0.6) is 0 Å². The van der Waals surface area contributed by atoms with Gasteiger partial charge >= 0.3 is 6.18 Å². The Morgan fingerprint density at radius 1 is 1.38 bits per heavy atom. The minimum Gasteiger partial charge on any atom is -0.667 e. The number of fused-ring (bicyclic) bond motifs is 1. The summed E-state index contributed by atoms with van der Waals surface area (Å²) >= 11 is 0. The number of anilines is 1. The first-order chi connectivity index (χ1) is 12.1. The zero-order chi connectivity index (χ0) is 19.5. The largest absolute Gasteiger partial charge is 0.667 e. The third-order valence-corrected chi connectivity index (χ3v) is 3.74. The molecular weight excluding hydrogens is 353 g/mol. The molecule has 0 aliphatic carbocycles. The lowest BCUT2D eigenvalue weighted by Crippen LogP contribution is -2.37. The average molecular weight is 368 g/mol. The summed E-state index contributed by atoms with van der Waals surface area (Å²) in [5.41, 5.74) is 16.0. The maximum absolute atomic E-state index is 11.7. The lowest BCUT2D eigenvalue weighted by molar-refractivity contribution is -0.344. The van der Waals surface area contributed by atoms with Crippen LogP contribution in [0.4, 0.5) is 18.9 Å². The summed E-state index contributed by atoms with van der Waals surface area (Å²) in [6.45, 7) is 1.20. The number of carboxylic acid groups (broad SMARTS) is 1. The molecule has 7 nitrogen and oxygen atoms in total. The molecule has 0 radical (unpaired) electrons. The molecule has 1 amide bonds. The van der Waals surface area contributed by atoms with Crippen LogP contribution in [0.3, 0.4) is 0 Å². The predicted octanol–water partition coefficient (Wildman–Crippen LogP) is 1.27. The summed E-state index contributed by atoms with van der Waals surface area (Å²) in [4.78, 5) is 26.5. The Bertz CT molecular complexity index is 826. The molecule has 1 saturated heterocycles. The van der Waals surface area contributed by atoms with Gasteiger partial charge in [0.1, 0.15) is 5.97 Å². The van der Waals surface area contributed by atoms with Gasteiger partial charge in [-0.1, -0.05) is 18.2 Å². The second-order valence-electron chi connectivity index (χ2n) is 5.64. The van der Waals surface area contributed by atoms with Crippen LogP contribution in [-0.2, 0) is 16.1 Å². The van der Waals surface area contributed by atoms with E-state index in [1.807, 2.05) is 18.2 Å². The number of hydrogen-bond acceptors (Lipinski definition) is 5. The third-order valence-electron chi connectivity index (χ3n) is 3.74. The van der Waals surface area contributed by atoms with Crippen molar-refractivity contribution in [1.82, 2.24) is 9.88 Å². The van der Waals surface area contributed by atoms with E-state index in [0.717, 1.165) is 16.5 Å². The van der Waals surface area contributed by atoms with Crippen LogP contribution >= 0.6 is 0 Å². The Hall–Kier alpha value is -2.88. The number of carbonyl (C=O) groups is 2. The molecule has 1 aliphatic heterocycles. The molecule has 2 heterocycles. The van der Waals surface area contributed by atoms with Crippen LogP contribution in [0.2, 0.25) is 0 Å². The highest BCUT2D eigenvalue weighted by atomic mass is 19.4. The standard InChI is InChI=1S/C14H15N4O.C2HF3O2/c15-11-3-5-17-13-7-9(1-2-10(11)13)8-18-6-4-12(16)14(18)19;3-2(4,5)1(6)7/h1-3,5,7,12,16H,4,6,8H2,(H2,15,17);(H,6,7)/q-1;/p-1. The number of nitrogens with zero attached hydrogens (tertiary/aromatic N) is 2. The molecule has 1 unspecified atom stereocenters. The van der Waals surface area contributed by atoms with E-state index in [0.29, 0.717) is 25.2 Å². The molecule has 1 aromatic heterocycles. The summed E-state index contributed by atoms with van der Waals surface area (Å²) < 4.78 is 31.5. The van der Waals surface area contributed by atoms with Crippen LogP contribution in [0.15, 0.2) is 30.5 Å². The summed E-state index contributed by atoms with van der Waals surface area (Å²) in [6, 6.07) is 7.04. The van der Waals surface area contributed by atoms with Crippen molar-refractivity contribution in [2.75, 3.05) is 12.3 Å². The number of nitrogens with two attached hydrogens (primary N) is 1. The number of pyridine rings is 1. The van der Waals surface area contributed by atoms with Crippen LogP contribution in [0.1, 0.15) is 12.0 Å². The Balaban J connectivity index is 0.000000298. The Morgan fingerprint density at radius 3 is 2.58 bits per heavy atom. The van der Waals surface area contributed by atoms with Crippen LogP contribution in [0.25, 0.3) is 16.6 Å². The highest BCUT2D eigenvalue weighted by molar-refractivity contribution is 5.90. The minimum atomic E-state index is -5.19. The van der Waals surface area contributed by atoms with Crippen molar-refractivity contribution in [2.45, 2.75) is 25.2 Å². The smallest absolute Gasteiger partial charge is 0.430 e. The van der Waals surface area contributed by atoms with Crippen molar-refractivity contribution < 1.29 is 27.9 Å². The van der Waals surface area contributed by atoms with Crippen molar-refractivity contribution in [1.29, 1.82) is 0 Å². The van der Waals surface area contributed by atoms with E-state index in [1.165, 1.54) is 0 Å². The number of carbonyl (C=O) groups excluding carboxylic acids is 2. The molecule has 2 aromatic rings. The molecule has 10 heteroatoms. The lowest BCUT2D eigenvalue weighted by Gasteiger charge is -2.18. The molecule has 3 rings (SSSR count). The van der Waals surface area contributed by atoms with Crippen molar-refractivity contribution in [2.24, 2.45) is 0 Å². The molecular formula is C16H15F3N4O3-2. The topological polar surface area (TPSA) is 123 Å². The van der Waals surface area contributed by atoms with Gasteiger partial charge in [0.25, 0.3) is 0 Å². The number of amides is 1. The number of aliphatic carboxylic acids is 1. The van der Waals surface area contributed by atoms with E-state index in [-0.39, 0.29) is 5.91 Å². The van der Waals surface area contributed by atoms with Crippen LogP contribution in [-0.4, -0.2) is 40.5 Å². The van der Waals surface area contributed by atoms with E-state index in [2.05, 4.69) is 4.98 Å². The molecule has 0 bridgehead atoms. The number of hydrogen-bond donors (Lipinski definition) is 1. The van der Waals surface area contributed by atoms with Gasteiger partial charge in [-0.2, -0.15) is 13.2 Å². The summed E-state index contributed by atoms with van der Waals surface area (Å²) in [5.74, 6) is -3.09. The van der Waals surface area contributed by atoms with Crippen molar-refractivity contribution in [3.8, 4) is 0 Å². The second-order valence-corrected chi connectivity index (χ2v) is 5.64. The fourth-order valence-electron chi connectivity index (χ4n) is 2.43. The third kappa shape index (κ3) is 4.60. The van der Waals surface area contributed by atoms with Crippen LogP contribution in [0, 0.1) is 0 Å². The number of benzene rings is 1. The van der Waals surface area contributed by atoms with Gasteiger partial charge in [-0.05, 0) is 24.1 Å². The first-order valence-corrected chi connectivity index (χ1v) is 7.51. The van der Waals surface area contributed by atoms with Crippen molar-refractivity contribution in [3.63, 3.8) is 0 Å². The van der Waals surface area contributed by atoms with Gasteiger partial charge in [0.2, 0.25) is 5.91 Å². The normalized spacial score (nSPS) is 17.2. The predicted molar refractivity (Wildman–Crippen MR) is 85.4 cm³/mol. The molecule has 1 fully saturated rings. The number of likely N-dealkylation sites (tertiary alicyclic amines) is 1. The first-order valence-electron chi connectivity index (χ1n) is 7.51. The lowest BCUT2D eigenvalue weighted by atomic mass is 10.1. The van der Waals surface area contributed by atoms with E-state index in [1.54, 1.807) is 17.2 Å². The van der Waals surface area contributed by atoms with Crippen LogP contribution < -0.4 is 10.8 Å². The molecule has 1 aromatic carbocycles.